The molecule has 0 saturated carbocycles. The van der Waals surface area contributed by atoms with Gasteiger partial charge >= 0.3 is 5.97 Å². The van der Waals surface area contributed by atoms with Crippen molar-refractivity contribution >= 4 is 12.0 Å². The molecule has 1 aliphatic heterocycles. The molecule has 2 aromatic carbocycles. The molecule has 0 radical (unpaired) electrons. The quantitative estimate of drug-likeness (QED) is 0.416. The third-order valence-corrected chi connectivity index (χ3v) is 3.73. The summed E-state index contributed by atoms with van der Waals surface area (Å²) in [6.45, 7) is 4.93. The molecule has 0 bridgehead atoms. The Hall–Kier alpha value is -3.15. The predicted molar refractivity (Wildman–Crippen MR) is 101 cm³/mol. The van der Waals surface area contributed by atoms with Gasteiger partial charge in [0, 0.05) is 12.1 Å². The number of hydrogen-bond donors (Lipinski definition) is 0. The van der Waals surface area contributed by atoms with E-state index in [9.17, 15) is 4.79 Å². The van der Waals surface area contributed by atoms with Gasteiger partial charge in [-0.2, -0.15) is 0 Å². The van der Waals surface area contributed by atoms with Crippen LogP contribution in [0.25, 0.3) is 6.08 Å². The fraction of sp³-hybridized carbons (Fsp3) is 0.286. The van der Waals surface area contributed by atoms with Crippen LogP contribution in [0.2, 0.25) is 0 Å². The lowest BCUT2D eigenvalue weighted by Gasteiger charge is -2.12. The Kier molecular flexibility index (Phi) is 5.86. The van der Waals surface area contributed by atoms with E-state index in [-0.39, 0.29) is 6.79 Å². The second-order valence-corrected chi connectivity index (χ2v) is 6.38. The van der Waals surface area contributed by atoms with E-state index < -0.39 is 5.97 Å². The van der Waals surface area contributed by atoms with Crippen LogP contribution in [0.3, 0.4) is 0 Å². The molecular formula is C21H22O6. The highest BCUT2D eigenvalue weighted by Gasteiger charge is 2.14. The first-order valence-electron chi connectivity index (χ1n) is 8.65. The van der Waals surface area contributed by atoms with E-state index in [2.05, 4.69) is 13.8 Å². The molecule has 0 spiro atoms. The van der Waals surface area contributed by atoms with E-state index >= 15 is 0 Å². The Morgan fingerprint density at radius 2 is 1.93 bits per heavy atom. The summed E-state index contributed by atoms with van der Waals surface area (Å²) in [6, 6.07) is 10.5. The van der Waals surface area contributed by atoms with E-state index in [0.717, 1.165) is 5.56 Å². The Morgan fingerprint density at radius 3 is 2.70 bits per heavy atom. The first-order chi connectivity index (χ1) is 13.0. The maximum absolute atomic E-state index is 12.0. The Morgan fingerprint density at radius 1 is 1.11 bits per heavy atom. The van der Waals surface area contributed by atoms with Crippen molar-refractivity contribution in [3.8, 4) is 28.7 Å². The SMILES string of the molecule is COc1cc(/C=C/C(=O)Oc2ccc3c(c2)OCO3)ccc1OCC(C)C. The van der Waals surface area contributed by atoms with Crippen molar-refractivity contribution in [3.05, 3.63) is 48.0 Å². The molecule has 0 aromatic heterocycles. The van der Waals surface area contributed by atoms with Gasteiger partial charge in [0.25, 0.3) is 0 Å². The number of fused-ring (bicyclic) bond motifs is 1. The van der Waals surface area contributed by atoms with Crippen LogP contribution < -0.4 is 23.7 Å². The van der Waals surface area contributed by atoms with Crippen LogP contribution >= 0.6 is 0 Å². The van der Waals surface area contributed by atoms with Gasteiger partial charge in [0.05, 0.1) is 13.7 Å². The van der Waals surface area contributed by atoms with Crippen LogP contribution in [0, 0.1) is 5.92 Å². The minimum atomic E-state index is -0.493. The van der Waals surface area contributed by atoms with Crippen LogP contribution in [0.15, 0.2) is 42.5 Å². The number of rotatable bonds is 7. The van der Waals surface area contributed by atoms with E-state index in [1.54, 1.807) is 37.5 Å². The lowest BCUT2D eigenvalue weighted by Crippen LogP contribution is -2.05. The lowest BCUT2D eigenvalue weighted by molar-refractivity contribution is -0.128. The van der Waals surface area contributed by atoms with Crippen molar-refractivity contribution in [2.75, 3.05) is 20.5 Å². The van der Waals surface area contributed by atoms with Crippen LogP contribution in [0.1, 0.15) is 19.4 Å². The molecule has 3 rings (SSSR count). The zero-order valence-corrected chi connectivity index (χ0v) is 15.6. The molecule has 0 saturated heterocycles. The molecule has 0 aliphatic carbocycles. The lowest BCUT2D eigenvalue weighted by atomic mass is 10.2. The number of carbonyl (C=O) groups excluding carboxylic acids is 1. The molecule has 27 heavy (non-hydrogen) atoms. The second kappa shape index (κ2) is 8.49. The van der Waals surface area contributed by atoms with Crippen molar-refractivity contribution in [3.63, 3.8) is 0 Å². The largest absolute Gasteiger partial charge is 0.493 e. The molecule has 142 valence electrons. The molecular weight excluding hydrogens is 348 g/mol. The van der Waals surface area contributed by atoms with Crippen molar-refractivity contribution in [2.24, 2.45) is 5.92 Å². The van der Waals surface area contributed by atoms with Gasteiger partial charge in [0.15, 0.2) is 23.0 Å². The maximum Gasteiger partial charge on any atom is 0.336 e. The van der Waals surface area contributed by atoms with Gasteiger partial charge in [0.2, 0.25) is 6.79 Å². The summed E-state index contributed by atoms with van der Waals surface area (Å²) < 4.78 is 26.9. The van der Waals surface area contributed by atoms with Crippen LogP contribution in [0.4, 0.5) is 0 Å². The predicted octanol–water partition coefficient (Wildman–Crippen LogP) is 4.08. The highest BCUT2D eigenvalue weighted by molar-refractivity contribution is 5.89. The number of ether oxygens (including phenoxy) is 5. The molecule has 1 aliphatic rings. The van der Waals surface area contributed by atoms with Crippen molar-refractivity contribution in [1.82, 2.24) is 0 Å². The van der Waals surface area contributed by atoms with E-state index in [0.29, 0.717) is 41.3 Å². The molecule has 0 N–H and O–H groups in total. The molecule has 0 atom stereocenters. The van der Waals surface area contributed by atoms with E-state index in [1.807, 2.05) is 12.1 Å². The molecule has 1 heterocycles. The molecule has 0 unspecified atom stereocenters. The van der Waals surface area contributed by atoms with Crippen LogP contribution in [0.5, 0.6) is 28.7 Å². The molecule has 0 amide bonds. The molecule has 6 nitrogen and oxygen atoms in total. The van der Waals surface area contributed by atoms with Crippen molar-refractivity contribution in [1.29, 1.82) is 0 Å². The zero-order valence-electron chi connectivity index (χ0n) is 15.6. The summed E-state index contributed by atoms with van der Waals surface area (Å²) in [7, 11) is 1.58. The molecule has 6 heteroatoms. The first-order valence-corrected chi connectivity index (χ1v) is 8.65. The highest BCUT2D eigenvalue weighted by Crippen LogP contribution is 2.35. The number of benzene rings is 2. The fourth-order valence-electron chi connectivity index (χ4n) is 2.42. The molecule has 2 aromatic rings. The van der Waals surface area contributed by atoms with Crippen LogP contribution in [-0.2, 0) is 4.79 Å². The number of methoxy groups -OCH3 is 1. The average molecular weight is 370 g/mol. The van der Waals surface area contributed by atoms with Gasteiger partial charge in [-0.05, 0) is 41.8 Å². The summed E-state index contributed by atoms with van der Waals surface area (Å²) >= 11 is 0. The third kappa shape index (κ3) is 4.94. The second-order valence-electron chi connectivity index (χ2n) is 6.38. The van der Waals surface area contributed by atoms with Gasteiger partial charge in [-0.15, -0.1) is 0 Å². The number of carbonyl (C=O) groups is 1. The standard InChI is InChI=1S/C21H22O6/c1-14(2)12-24-17-7-4-15(10-19(17)23-3)5-9-21(22)27-16-6-8-18-20(11-16)26-13-25-18/h4-11,14H,12-13H2,1-3H3/b9-5+. The monoisotopic (exact) mass is 370 g/mol. The summed E-state index contributed by atoms with van der Waals surface area (Å²) in [4.78, 5) is 12.0. The van der Waals surface area contributed by atoms with Crippen molar-refractivity contribution in [2.45, 2.75) is 13.8 Å². The summed E-state index contributed by atoms with van der Waals surface area (Å²) in [5.41, 5.74) is 0.798. The highest BCUT2D eigenvalue weighted by atomic mass is 16.7. The topological polar surface area (TPSA) is 63.2 Å². The smallest absolute Gasteiger partial charge is 0.336 e. The van der Waals surface area contributed by atoms with Crippen LogP contribution in [-0.4, -0.2) is 26.5 Å². The zero-order chi connectivity index (χ0) is 19.2. The minimum Gasteiger partial charge on any atom is -0.493 e. The maximum atomic E-state index is 12.0. The summed E-state index contributed by atoms with van der Waals surface area (Å²) in [6.07, 6.45) is 3.01. The Labute approximate surface area is 158 Å². The normalized spacial score (nSPS) is 12.4. The van der Waals surface area contributed by atoms with E-state index in [4.69, 9.17) is 23.7 Å². The van der Waals surface area contributed by atoms with Gasteiger partial charge in [-0.25, -0.2) is 4.79 Å². The summed E-state index contributed by atoms with van der Waals surface area (Å²) in [5.74, 6) is 2.80. The Bertz CT molecular complexity index is 841. The van der Waals surface area contributed by atoms with Gasteiger partial charge < -0.3 is 23.7 Å². The first kappa shape index (κ1) is 18.6. The average Bonchev–Trinajstić information content (AvgIpc) is 3.12. The molecule has 0 fully saturated rings. The van der Waals surface area contributed by atoms with Crippen molar-refractivity contribution < 1.29 is 28.5 Å². The third-order valence-electron chi connectivity index (χ3n) is 3.73. The van der Waals surface area contributed by atoms with Gasteiger partial charge in [0.1, 0.15) is 5.75 Å². The Balaban J connectivity index is 1.63. The van der Waals surface area contributed by atoms with E-state index in [1.165, 1.54) is 6.08 Å². The number of esters is 1. The minimum absolute atomic E-state index is 0.172. The summed E-state index contributed by atoms with van der Waals surface area (Å²) in [5, 5.41) is 0. The fourth-order valence-corrected chi connectivity index (χ4v) is 2.42. The van der Waals surface area contributed by atoms with Gasteiger partial charge in [-0.1, -0.05) is 19.9 Å². The number of hydrogen-bond acceptors (Lipinski definition) is 6. The van der Waals surface area contributed by atoms with Gasteiger partial charge in [-0.3, -0.25) is 0 Å².